The van der Waals surface area contributed by atoms with E-state index in [0.29, 0.717) is 24.0 Å². The highest BCUT2D eigenvalue weighted by Crippen LogP contribution is 2.28. The molecule has 1 aromatic rings. The van der Waals surface area contributed by atoms with Gasteiger partial charge in [-0.25, -0.2) is 14.4 Å². The summed E-state index contributed by atoms with van der Waals surface area (Å²) in [6.07, 6.45) is 3.47. The zero-order valence-electron chi connectivity index (χ0n) is 10.4. The largest absolute Gasteiger partial charge is 0.350 e. The highest BCUT2D eigenvalue weighted by atomic mass is 19.1. The molecular weight excluding hydrogens is 219 g/mol. The Labute approximate surface area is 101 Å². The Balaban J connectivity index is 2.28. The number of rotatable bonds is 2. The number of hydrogen-bond donors (Lipinski definition) is 1. The fraction of sp³-hybridized carbons (Fsp3) is 0.667. The average molecular weight is 238 g/mol. The van der Waals surface area contributed by atoms with Crippen LogP contribution >= 0.6 is 0 Å². The Kier molecular flexibility index (Phi) is 3.57. The normalized spacial score (nSPS) is 25.1. The summed E-state index contributed by atoms with van der Waals surface area (Å²) in [5, 5.41) is 0. The SMILES string of the molecule is Cc1ncnc(N2CCC(C)CC2CN)c1F. The second-order valence-corrected chi connectivity index (χ2v) is 4.81. The van der Waals surface area contributed by atoms with Crippen molar-refractivity contribution in [1.82, 2.24) is 9.97 Å². The molecule has 1 saturated heterocycles. The number of piperidine rings is 1. The third kappa shape index (κ3) is 2.39. The molecule has 0 spiro atoms. The molecule has 4 nitrogen and oxygen atoms in total. The highest BCUT2D eigenvalue weighted by Gasteiger charge is 2.28. The minimum atomic E-state index is -0.319. The van der Waals surface area contributed by atoms with Crippen LogP contribution in [0.2, 0.25) is 0 Å². The summed E-state index contributed by atoms with van der Waals surface area (Å²) in [6, 6.07) is 0.183. The van der Waals surface area contributed by atoms with Gasteiger partial charge in [-0.2, -0.15) is 0 Å². The van der Waals surface area contributed by atoms with Crippen molar-refractivity contribution in [3.63, 3.8) is 0 Å². The van der Waals surface area contributed by atoms with Crippen molar-refractivity contribution in [2.75, 3.05) is 18.0 Å². The Hall–Kier alpha value is -1.23. The molecule has 2 rings (SSSR count). The van der Waals surface area contributed by atoms with Gasteiger partial charge in [-0.05, 0) is 25.7 Å². The van der Waals surface area contributed by atoms with Crippen LogP contribution < -0.4 is 10.6 Å². The lowest BCUT2D eigenvalue weighted by atomic mass is 9.92. The van der Waals surface area contributed by atoms with Crippen LogP contribution in [0.15, 0.2) is 6.33 Å². The number of aromatic nitrogens is 2. The second-order valence-electron chi connectivity index (χ2n) is 4.81. The van der Waals surface area contributed by atoms with Crippen molar-refractivity contribution in [2.24, 2.45) is 11.7 Å². The van der Waals surface area contributed by atoms with Crippen LogP contribution in [0.3, 0.4) is 0 Å². The number of hydrogen-bond acceptors (Lipinski definition) is 4. The van der Waals surface area contributed by atoms with E-state index in [1.165, 1.54) is 6.33 Å². The molecule has 2 unspecified atom stereocenters. The predicted molar refractivity (Wildman–Crippen MR) is 65.3 cm³/mol. The lowest BCUT2D eigenvalue weighted by Gasteiger charge is -2.38. The predicted octanol–water partition coefficient (Wildman–Crippen LogP) is 1.49. The van der Waals surface area contributed by atoms with Crippen LogP contribution in [0.4, 0.5) is 10.2 Å². The van der Waals surface area contributed by atoms with E-state index in [-0.39, 0.29) is 11.9 Å². The molecule has 2 atom stereocenters. The Morgan fingerprint density at radius 1 is 1.53 bits per heavy atom. The Morgan fingerprint density at radius 3 is 3.00 bits per heavy atom. The van der Waals surface area contributed by atoms with Gasteiger partial charge in [0.05, 0.1) is 5.69 Å². The molecule has 1 aromatic heterocycles. The van der Waals surface area contributed by atoms with Gasteiger partial charge < -0.3 is 10.6 Å². The molecule has 0 saturated carbocycles. The van der Waals surface area contributed by atoms with E-state index in [1.54, 1.807) is 6.92 Å². The van der Waals surface area contributed by atoms with Gasteiger partial charge in [0.1, 0.15) is 6.33 Å². The van der Waals surface area contributed by atoms with Gasteiger partial charge in [-0.3, -0.25) is 0 Å². The summed E-state index contributed by atoms with van der Waals surface area (Å²) in [5.41, 5.74) is 6.17. The standard InChI is InChI=1S/C12H19FN4/c1-8-3-4-17(10(5-8)6-14)12-11(13)9(2)15-7-16-12/h7-8,10H,3-6,14H2,1-2H3. The van der Waals surface area contributed by atoms with E-state index in [0.717, 1.165) is 19.4 Å². The first-order chi connectivity index (χ1) is 8.13. The van der Waals surface area contributed by atoms with E-state index >= 15 is 0 Å². The number of anilines is 1. The Morgan fingerprint density at radius 2 is 2.29 bits per heavy atom. The van der Waals surface area contributed by atoms with Gasteiger partial charge in [-0.15, -0.1) is 0 Å². The molecule has 1 aliphatic rings. The lowest BCUT2D eigenvalue weighted by molar-refractivity contribution is 0.361. The van der Waals surface area contributed by atoms with E-state index in [1.807, 2.05) is 4.90 Å². The minimum absolute atomic E-state index is 0.183. The lowest BCUT2D eigenvalue weighted by Crippen LogP contribution is -2.47. The van der Waals surface area contributed by atoms with E-state index < -0.39 is 0 Å². The number of nitrogens with zero attached hydrogens (tertiary/aromatic N) is 3. The molecule has 2 heterocycles. The van der Waals surface area contributed by atoms with E-state index in [4.69, 9.17) is 5.73 Å². The second kappa shape index (κ2) is 4.96. The van der Waals surface area contributed by atoms with Crippen molar-refractivity contribution in [3.05, 3.63) is 17.8 Å². The maximum Gasteiger partial charge on any atom is 0.186 e. The van der Waals surface area contributed by atoms with Crippen molar-refractivity contribution >= 4 is 5.82 Å². The summed E-state index contributed by atoms with van der Waals surface area (Å²) in [5.74, 6) is 0.728. The van der Waals surface area contributed by atoms with Gasteiger partial charge >= 0.3 is 0 Å². The highest BCUT2D eigenvalue weighted by molar-refractivity contribution is 5.42. The molecule has 2 N–H and O–H groups in total. The van der Waals surface area contributed by atoms with Gasteiger partial charge in [0.15, 0.2) is 11.6 Å². The zero-order valence-corrected chi connectivity index (χ0v) is 10.4. The molecule has 0 bridgehead atoms. The van der Waals surface area contributed by atoms with Crippen LogP contribution in [-0.2, 0) is 0 Å². The minimum Gasteiger partial charge on any atom is -0.350 e. The van der Waals surface area contributed by atoms with Gasteiger partial charge in [-0.1, -0.05) is 6.92 Å². The molecule has 94 valence electrons. The summed E-state index contributed by atoms with van der Waals surface area (Å²) in [6.45, 7) is 5.22. The van der Waals surface area contributed by atoms with Crippen LogP contribution in [0.5, 0.6) is 0 Å². The summed E-state index contributed by atoms with van der Waals surface area (Å²) in [4.78, 5) is 9.92. The van der Waals surface area contributed by atoms with Crippen molar-refractivity contribution in [2.45, 2.75) is 32.7 Å². The first kappa shape index (κ1) is 12.2. The molecular formula is C12H19FN4. The van der Waals surface area contributed by atoms with Gasteiger partial charge in [0.25, 0.3) is 0 Å². The first-order valence-corrected chi connectivity index (χ1v) is 6.07. The van der Waals surface area contributed by atoms with Crippen LogP contribution in [-0.4, -0.2) is 29.1 Å². The third-order valence-corrected chi connectivity index (χ3v) is 3.47. The quantitative estimate of drug-likeness (QED) is 0.848. The molecule has 17 heavy (non-hydrogen) atoms. The average Bonchev–Trinajstić information content (AvgIpc) is 2.33. The molecule has 0 radical (unpaired) electrons. The molecule has 0 aromatic carbocycles. The van der Waals surface area contributed by atoms with Gasteiger partial charge in [0.2, 0.25) is 0 Å². The molecule has 1 fully saturated rings. The van der Waals surface area contributed by atoms with Crippen LogP contribution in [0.1, 0.15) is 25.5 Å². The van der Waals surface area contributed by atoms with Crippen molar-refractivity contribution in [1.29, 1.82) is 0 Å². The van der Waals surface area contributed by atoms with E-state index in [2.05, 4.69) is 16.9 Å². The smallest absolute Gasteiger partial charge is 0.186 e. The summed E-state index contributed by atoms with van der Waals surface area (Å²) >= 11 is 0. The number of aryl methyl sites for hydroxylation is 1. The molecule has 1 aliphatic heterocycles. The van der Waals surface area contributed by atoms with Crippen molar-refractivity contribution < 1.29 is 4.39 Å². The summed E-state index contributed by atoms with van der Waals surface area (Å²) < 4.78 is 14.0. The monoisotopic (exact) mass is 238 g/mol. The number of halogens is 1. The first-order valence-electron chi connectivity index (χ1n) is 6.07. The molecule has 5 heteroatoms. The summed E-state index contributed by atoms with van der Waals surface area (Å²) in [7, 11) is 0. The van der Waals surface area contributed by atoms with E-state index in [9.17, 15) is 4.39 Å². The van der Waals surface area contributed by atoms with Gasteiger partial charge in [0, 0.05) is 19.1 Å². The van der Waals surface area contributed by atoms with Crippen LogP contribution in [0.25, 0.3) is 0 Å². The number of nitrogens with two attached hydrogens (primary N) is 1. The maximum atomic E-state index is 14.0. The zero-order chi connectivity index (χ0) is 12.4. The fourth-order valence-corrected chi connectivity index (χ4v) is 2.40. The van der Waals surface area contributed by atoms with Crippen molar-refractivity contribution in [3.8, 4) is 0 Å². The fourth-order valence-electron chi connectivity index (χ4n) is 2.40. The topological polar surface area (TPSA) is 55.0 Å². The molecule has 0 aliphatic carbocycles. The molecule has 0 amide bonds. The third-order valence-electron chi connectivity index (χ3n) is 3.47. The Bertz CT molecular complexity index is 396. The van der Waals surface area contributed by atoms with Crippen LogP contribution in [0, 0.1) is 18.7 Å². The maximum absolute atomic E-state index is 14.0.